The fourth-order valence-electron chi connectivity index (χ4n) is 1.62. The number of amides is 1. The van der Waals surface area contributed by atoms with Gasteiger partial charge in [-0.05, 0) is 37.5 Å². The maximum absolute atomic E-state index is 11.6. The number of aliphatic hydroxyl groups excluding tert-OH is 1. The second kappa shape index (κ2) is 9.09. The zero-order chi connectivity index (χ0) is 14.8. The van der Waals surface area contributed by atoms with Crippen molar-refractivity contribution in [1.82, 2.24) is 5.32 Å². The lowest BCUT2D eigenvalue weighted by atomic mass is 10.1. The molecule has 1 amide bonds. The van der Waals surface area contributed by atoms with Crippen molar-refractivity contribution in [1.29, 1.82) is 0 Å². The fourth-order valence-corrected chi connectivity index (χ4v) is 1.62. The average Bonchev–Trinajstić information content (AvgIpc) is 2.42. The summed E-state index contributed by atoms with van der Waals surface area (Å²) < 4.78 is 5.53. The molecule has 0 unspecified atom stereocenters. The van der Waals surface area contributed by atoms with Crippen molar-refractivity contribution in [3.05, 3.63) is 29.8 Å². The molecule has 5 heteroatoms. The molecule has 1 rings (SSSR count). The smallest absolute Gasteiger partial charge is 0.224 e. The normalized spacial score (nSPS) is 10.1. The lowest BCUT2D eigenvalue weighted by Crippen LogP contribution is -2.29. The number of ether oxygens (including phenoxy) is 1. The molecule has 0 heterocycles. The van der Waals surface area contributed by atoms with Crippen LogP contribution in [0.3, 0.4) is 0 Å². The van der Waals surface area contributed by atoms with E-state index in [1.54, 1.807) is 0 Å². The molecule has 110 valence electrons. The SMILES string of the molecule is CC(=O)CNC(=O)Cc1cccc(OCCCCO)c1. The van der Waals surface area contributed by atoms with Gasteiger partial charge in [-0.15, -0.1) is 0 Å². The summed E-state index contributed by atoms with van der Waals surface area (Å²) in [6.07, 6.45) is 1.73. The molecular formula is C15H21NO4. The number of benzene rings is 1. The van der Waals surface area contributed by atoms with Crippen LogP contribution in [0.5, 0.6) is 5.75 Å². The Morgan fingerprint density at radius 2 is 2.10 bits per heavy atom. The Bertz CT molecular complexity index is 445. The third kappa shape index (κ3) is 6.89. The number of aliphatic hydroxyl groups is 1. The molecule has 1 aromatic carbocycles. The van der Waals surface area contributed by atoms with Gasteiger partial charge in [-0.25, -0.2) is 0 Å². The molecule has 0 aliphatic heterocycles. The highest BCUT2D eigenvalue weighted by molar-refractivity contribution is 5.85. The van der Waals surface area contributed by atoms with Crippen LogP contribution >= 0.6 is 0 Å². The van der Waals surface area contributed by atoms with Crippen LogP contribution in [0.25, 0.3) is 0 Å². The van der Waals surface area contributed by atoms with Crippen LogP contribution in [0, 0.1) is 0 Å². The van der Waals surface area contributed by atoms with E-state index in [1.807, 2.05) is 24.3 Å². The predicted octanol–water partition coefficient (Wildman–Crippen LogP) is 1.09. The first-order valence-corrected chi connectivity index (χ1v) is 6.70. The zero-order valence-electron chi connectivity index (χ0n) is 11.7. The summed E-state index contributed by atoms with van der Waals surface area (Å²) in [5, 5.41) is 11.2. The van der Waals surface area contributed by atoms with E-state index in [9.17, 15) is 9.59 Å². The van der Waals surface area contributed by atoms with Crippen LogP contribution in [-0.2, 0) is 16.0 Å². The van der Waals surface area contributed by atoms with E-state index >= 15 is 0 Å². The molecule has 20 heavy (non-hydrogen) atoms. The molecule has 0 aliphatic carbocycles. The van der Waals surface area contributed by atoms with E-state index < -0.39 is 0 Å². The van der Waals surface area contributed by atoms with E-state index in [2.05, 4.69) is 5.32 Å². The summed E-state index contributed by atoms with van der Waals surface area (Å²) >= 11 is 0. The molecule has 0 bridgehead atoms. The van der Waals surface area contributed by atoms with E-state index in [4.69, 9.17) is 9.84 Å². The van der Waals surface area contributed by atoms with Crippen LogP contribution < -0.4 is 10.1 Å². The topological polar surface area (TPSA) is 75.6 Å². The third-order valence-corrected chi connectivity index (χ3v) is 2.62. The maximum Gasteiger partial charge on any atom is 0.224 e. The number of nitrogens with one attached hydrogen (secondary N) is 1. The standard InChI is InChI=1S/C15H21NO4/c1-12(18)11-16-15(19)10-13-5-4-6-14(9-13)20-8-3-2-7-17/h4-6,9,17H,2-3,7-8,10-11H2,1H3,(H,16,19). The van der Waals surface area contributed by atoms with E-state index in [1.165, 1.54) is 6.92 Å². The molecule has 0 spiro atoms. The van der Waals surface area contributed by atoms with Gasteiger partial charge < -0.3 is 15.2 Å². The molecule has 0 radical (unpaired) electrons. The van der Waals surface area contributed by atoms with Gasteiger partial charge in [0.25, 0.3) is 0 Å². The number of unbranched alkanes of at least 4 members (excludes halogenated alkanes) is 1. The molecule has 1 aromatic rings. The minimum atomic E-state index is -0.183. The molecule has 0 aromatic heterocycles. The molecular weight excluding hydrogens is 258 g/mol. The quantitative estimate of drug-likeness (QED) is 0.663. The Morgan fingerprint density at radius 3 is 2.80 bits per heavy atom. The predicted molar refractivity (Wildman–Crippen MR) is 75.7 cm³/mol. The van der Waals surface area contributed by atoms with Gasteiger partial charge >= 0.3 is 0 Å². The molecule has 2 N–H and O–H groups in total. The summed E-state index contributed by atoms with van der Waals surface area (Å²) in [6.45, 7) is 2.21. The summed E-state index contributed by atoms with van der Waals surface area (Å²) in [5.74, 6) is 0.455. The molecule has 0 atom stereocenters. The van der Waals surface area contributed by atoms with Gasteiger partial charge in [0.2, 0.25) is 5.91 Å². The van der Waals surface area contributed by atoms with Crippen LogP contribution in [0.4, 0.5) is 0 Å². The molecule has 0 saturated carbocycles. The molecule has 5 nitrogen and oxygen atoms in total. The number of hydrogen-bond donors (Lipinski definition) is 2. The van der Waals surface area contributed by atoms with Crippen molar-refractivity contribution in [3.8, 4) is 5.75 Å². The number of rotatable bonds is 9. The van der Waals surface area contributed by atoms with Crippen molar-refractivity contribution in [3.63, 3.8) is 0 Å². The van der Waals surface area contributed by atoms with E-state index in [0.717, 1.165) is 12.0 Å². The Hall–Kier alpha value is -1.88. The zero-order valence-corrected chi connectivity index (χ0v) is 11.7. The van der Waals surface area contributed by atoms with Gasteiger partial charge in [-0.3, -0.25) is 9.59 Å². The largest absolute Gasteiger partial charge is 0.494 e. The molecule has 0 aliphatic rings. The monoisotopic (exact) mass is 279 g/mol. The van der Waals surface area contributed by atoms with Gasteiger partial charge in [0.1, 0.15) is 11.5 Å². The second-order valence-electron chi connectivity index (χ2n) is 4.58. The molecule has 0 saturated heterocycles. The highest BCUT2D eigenvalue weighted by atomic mass is 16.5. The summed E-state index contributed by atoms with van der Waals surface area (Å²) in [5.41, 5.74) is 0.839. The van der Waals surface area contributed by atoms with Crippen molar-refractivity contribution in [2.75, 3.05) is 19.8 Å². The highest BCUT2D eigenvalue weighted by Gasteiger charge is 2.05. The highest BCUT2D eigenvalue weighted by Crippen LogP contribution is 2.14. The maximum atomic E-state index is 11.6. The minimum absolute atomic E-state index is 0.0657. The lowest BCUT2D eigenvalue weighted by Gasteiger charge is -2.08. The van der Waals surface area contributed by atoms with Gasteiger partial charge in [0.05, 0.1) is 19.6 Å². The number of carbonyl (C=O) groups excluding carboxylic acids is 2. The summed E-state index contributed by atoms with van der Waals surface area (Å²) in [4.78, 5) is 22.4. The Morgan fingerprint density at radius 1 is 1.30 bits per heavy atom. The number of Topliss-reactive ketones (excluding diaryl/α,β-unsaturated/α-hetero) is 1. The van der Waals surface area contributed by atoms with Gasteiger partial charge in [-0.2, -0.15) is 0 Å². The van der Waals surface area contributed by atoms with Crippen molar-refractivity contribution in [2.45, 2.75) is 26.2 Å². The van der Waals surface area contributed by atoms with Crippen molar-refractivity contribution >= 4 is 11.7 Å². The van der Waals surface area contributed by atoms with Gasteiger partial charge in [0, 0.05) is 6.61 Å². The Kier molecular flexibility index (Phi) is 7.35. The fraction of sp³-hybridized carbons (Fsp3) is 0.467. The number of carbonyl (C=O) groups is 2. The Balaban J connectivity index is 2.42. The first kappa shape index (κ1) is 16.2. The van der Waals surface area contributed by atoms with Crippen molar-refractivity contribution < 1.29 is 19.4 Å². The number of hydrogen-bond acceptors (Lipinski definition) is 4. The van der Waals surface area contributed by atoms with Crippen LogP contribution in [-0.4, -0.2) is 36.6 Å². The van der Waals surface area contributed by atoms with Gasteiger partial charge in [-0.1, -0.05) is 12.1 Å². The second-order valence-corrected chi connectivity index (χ2v) is 4.58. The summed E-state index contributed by atoms with van der Waals surface area (Å²) in [7, 11) is 0. The van der Waals surface area contributed by atoms with Crippen LogP contribution in [0.2, 0.25) is 0 Å². The minimum Gasteiger partial charge on any atom is -0.494 e. The lowest BCUT2D eigenvalue weighted by molar-refractivity contribution is -0.124. The van der Waals surface area contributed by atoms with E-state index in [0.29, 0.717) is 18.8 Å². The van der Waals surface area contributed by atoms with Crippen molar-refractivity contribution in [2.24, 2.45) is 0 Å². The van der Waals surface area contributed by atoms with Crippen LogP contribution in [0.15, 0.2) is 24.3 Å². The first-order chi connectivity index (χ1) is 9.61. The average molecular weight is 279 g/mol. The first-order valence-electron chi connectivity index (χ1n) is 6.70. The summed E-state index contributed by atoms with van der Waals surface area (Å²) in [6, 6.07) is 7.31. The third-order valence-electron chi connectivity index (χ3n) is 2.62. The van der Waals surface area contributed by atoms with E-state index in [-0.39, 0.29) is 31.3 Å². The number of ketones is 1. The van der Waals surface area contributed by atoms with Crippen LogP contribution in [0.1, 0.15) is 25.3 Å². The Labute approximate surface area is 118 Å². The molecule has 0 fully saturated rings. The van der Waals surface area contributed by atoms with Gasteiger partial charge in [0.15, 0.2) is 0 Å².